The highest BCUT2D eigenvalue weighted by Gasteiger charge is 2.18. The number of aryl methyl sites for hydroxylation is 1. The second-order valence-corrected chi connectivity index (χ2v) is 4.89. The lowest BCUT2D eigenvalue weighted by Gasteiger charge is -2.32. The van der Waals surface area contributed by atoms with Gasteiger partial charge in [-0.1, -0.05) is 6.42 Å². The third-order valence-corrected chi connectivity index (χ3v) is 3.46. The number of ether oxygens (including phenoxy) is 1. The molecular weight excluding hydrogens is 228 g/mol. The van der Waals surface area contributed by atoms with Gasteiger partial charge in [-0.15, -0.1) is 0 Å². The topological polar surface area (TPSA) is 50.3 Å². The third-order valence-electron chi connectivity index (χ3n) is 3.46. The van der Waals surface area contributed by atoms with E-state index >= 15 is 0 Å². The van der Waals surface area contributed by atoms with Crippen molar-refractivity contribution >= 4 is 5.95 Å². The zero-order chi connectivity index (χ0) is 13.0. The van der Waals surface area contributed by atoms with E-state index in [4.69, 9.17) is 4.74 Å². The molecule has 0 amide bonds. The number of nitrogens with one attached hydrogen (secondary N) is 1. The van der Waals surface area contributed by atoms with E-state index in [-0.39, 0.29) is 0 Å². The second-order valence-electron chi connectivity index (χ2n) is 4.89. The molecule has 0 aromatic carbocycles. The summed E-state index contributed by atoms with van der Waals surface area (Å²) in [6, 6.07) is 2.41. The monoisotopic (exact) mass is 250 g/mol. The quantitative estimate of drug-likeness (QED) is 0.881. The number of likely N-dealkylation sites (N-methyl/N-ethyl adjacent to an activating group) is 1. The molecule has 5 heteroatoms. The van der Waals surface area contributed by atoms with Crippen molar-refractivity contribution in [2.45, 2.75) is 32.2 Å². The minimum Gasteiger partial charge on any atom is -0.481 e. The zero-order valence-corrected chi connectivity index (χ0v) is 11.4. The largest absolute Gasteiger partial charge is 0.481 e. The Balaban J connectivity index is 1.94. The molecule has 100 valence electrons. The Morgan fingerprint density at radius 3 is 3.00 bits per heavy atom. The predicted octanol–water partition coefficient (Wildman–Crippen LogP) is 1.69. The summed E-state index contributed by atoms with van der Waals surface area (Å²) in [5, 5.41) is 3.32. The number of nitrogens with zero attached hydrogens (tertiary/aromatic N) is 3. The summed E-state index contributed by atoms with van der Waals surface area (Å²) in [6.45, 7) is 4.02. The molecule has 1 unspecified atom stereocenters. The molecule has 0 radical (unpaired) electrons. The average Bonchev–Trinajstić information content (AvgIpc) is 2.37. The highest BCUT2D eigenvalue weighted by molar-refractivity contribution is 5.30. The minimum atomic E-state index is 0.578. The highest BCUT2D eigenvalue weighted by atomic mass is 16.5. The van der Waals surface area contributed by atoms with Gasteiger partial charge in [-0.05, 0) is 33.4 Å². The molecule has 2 rings (SSSR count). The molecule has 1 aliphatic heterocycles. The molecule has 1 N–H and O–H groups in total. The summed E-state index contributed by atoms with van der Waals surface area (Å²) < 4.78 is 5.15. The van der Waals surface area contributed by atoms with Crippen LogP contribution in [-0.4, -0.2) is 48.2 Å². The van der Waals surface area contributed by atoms with E-state index in [0.717, 1.165) is 12.2 Å². The fourth-order valence-corrected chi connectivity index (χ4v) is 2.33. The lowest BCUT2D eigenvalue weighted by molar-refractivity contribution is 0.194. The number of rotatable bonds is 4. The van der Waals surface area contributed by atoms with Crippen LogP contribution in [0.5, 0.6) is 5.88 Å². The van der Waals surface area contributed by atoms with Crippen LogP contribution in [0, 0.1) is 6.92 Å². The van der Waals surface area contributed by atoms with Gasteiger partial charge in [0.1, 0.15) is 0 Å². The van der Waals surface area contributed by atoms with Gasteiger partial charge in [-0.25, -0.2) is 4.98 Å². The predicted molar refractivity (Wildman–Crippen MR) is 72.1 cm³/mol. The fraction of sp³-hybridized carbons (Fsp3) is 0.692. The number of likely N-dealkylation sites (tertiary alicyclic amines) is 1. The third kappa shape index (κ3) is 3.32. The molecule has 1 saturated heterocycles. The van der Waals surface area contributed by atoms with E-state index in [0.29, 0.717) is 17.9 Å². The van der Waals surface area contributed by atoms with Crippen molar-refractivity contribution in [3.05, 3.63) is 11.8 Å². The van der Waals surface area contributed by atoms with Crippen LogP contribution in [0.1, 0.15) is 25.0 Å². The lowest BCUT2D eigenvalue weighted by Crippen LogP contribution is -2.41. The summed E-state index contributed by atoms with van der Waals surface area (Å²) in [4.78, 5) is 11.1. The van der Waals surface area contributed by atoms with Gasteiger partial charge in [0.05, 0.1) is 7.11 Å². The number of methoxy groups -OCH3 is 1. The van der Waals surface area contributed by atoms with Gasteiger partial charge in [-0.3, -0.25) is 0 Å². The van der Waals surface area contributed by atoms with E-state index in [2.05, 4.69) is 27.2 Å². The number of hydrogen-bond donors (Lipinski definition) is 1. The molecule has 1 aliphatic rings. The molecule has 1 aromatic heterocycles. The van der Waals surface area contributed by atoms with Crippen molar-refractivity contribution in [1.82, 2.24) is 14.9 Å². The van der Waals surface area contributed by atoms with Gasteiger partial charge in [0.15, 0.2) is 0 Å². The molecule has 1 atom stereocenters. The second kappa shape index (κ2) is 6.00. The summed E-state index contributed by atoms with van der Waals surface area (Å²) in [5.74, 6) is 1.27. The molecular formula is C13H22N4O. The summed E-state index contributed by atoms with van der Waals surface area (Å²) in [5.41, 5.74) is 0.918. The van der Waals surface area contributed by atoms with Crippen molar-refractivity contribution in [2.75, 3.05) is 32.6 Å². The minimum absolute atomic E-state index is 0.578. The van der Waals surface area contributed by atoms with Gasteiger partial charge in [-0.2, -0.15) is 4.98 Å². The first kappa shape index (κ1) is 13.1. The summed E-state index contributed by atoms with van der Waals surface area (Å²) in [6.07, 6.45) is 3.86. The van der Waals surface area contributed by atoms with Crippen LogP contribution >= 0.6 is 0 Å². The van der Waals surface area contributed by atoms with Crippen molar-refractivity contribution in [2.24, 2.45) is 0 Å². The van der Waals surface area contributed by atoms with Gasteiger partial charge >= 0.3 is 0 Å². The smallest absolute Gasteiger partial charge is 0.226 e. The van der Waals surface area contributed by atoms with Gasteiger partial charge in [0, 0.05) is 24.3 Å². The van der Waals surface area contributed by atoms with E-state index in [1.54, 1.807) is 7.11 Å². The first-order valence-corrected chi connectivity index (χ1v) is 6.53. The highest BCUT2D eigenvalue weighted by Crippen LogP contribution is 2.16. The maximum atomic E-state index is 5.15. The molecule has 18 heavy (non-hydrogen) atoms. The Hall–Kier alpha value is -1.36. The van der Waals surface area contributed by atoms with Crippen molar-refractivity contribution in [3.63, 3.8) is 0 Å². The normalized spacial score (nSPS) is 20.7. The standard InChI is InChI=1S/C13H22N4O/c1-10-8-12(18-3)16-13(15-10)14-9-11-6-4-5-7-17(11)2/h8,11H,4-7,9H2,1-3H3,(H,14,15,16). The van der Waals surface area contributed by atoms with Crippen LogP contribution in [0.15, 0.2) is 6.07 Å². The van der Waals surface area contributed by atoms with Gasteiger partial charge < -0.3 is 15.0 Å². The molecule has 0 bridgehead atoms. The van der Waals surface area contributed by atoms with E-state index in [1.807, 2.05) is 13.0 Å². The summed E-state index contributed by atoms with van der Waals surface area (Å²) >= 11 is 0. The molecule has 0 spiro atoms. The zero-order valence-electron chi connectivity index (χ0n) is 11.4. The Kier molecular flexibility index (Phi) is 4.36. The maximum Gasteiger partial charge on any atom is 0.226 e. The van der Waals surface area contributed by atoms with E-state index < -0.39 is 0 Å². The number of hydrogen-bond acceptors (Lipinski definition) is 5. The lowest BCUT2D eigenvalue weighted by atomic mass is 10.0. The number of piperidine rings is 1. The SMILES string of the molecule is COc1cc(C)nc(NCC2CCCCN2C)n1. The van der Waals surface area contributed by atoms with Crippen LogP contribution in [0.25, 0.3) is 0 Å². The molecule has 5 nitrogen and oxygen atoms in total. The molecule has 1 fully saturated rings. The maximum absolute atomic E-state index is 5.15. The van der Waals surface area contributed by atoms with Crippen molar-refractivity contribution in [3.8, 4) is 5.88 Å². The molecule has 0 aliphatic carbocycles. The fourth-order valence-electron chi connectivity index (χ4n) is 2.33. The van der Waals surface area contributed by atoms with E-state index in [1.165, 1.54) is 25.8 Å². The molecule has 2 heterocycles. The molecule has 0 saturated carbocycles. The molecule has 1 aromatic rings. The van der Waals surface area contributed by atoms with Crippen molar-refractivity contribution in [1.29, 1.82) is 0 Å². The van der Waals surface area contributed by atoms with Crippen LogP contribution < -0.4 is 10.1 Å². The number of anilines is 1. The van der Waals surface area contributed by atoms with Crippen LogP contribution in [0.3, 0.4) is 0 Å². The van der Waals surface area contributed by atoms with E-state index in [9.17, 15) is 0 Å². The van der Waals surface area contributed by atoms with Crippen LogP contribution in [0.4, 0.5) is 5.95 Å². The van der Waals surface area contributed by atoms with Gasteiger partial charge in [0.2, 0.25) is 11.8 Å². The van der Waals surface area contributed by atoms with Crippen LogP contribution in [0.2, 0.25) is 0 Å². The Morgan fingerprint density at radius 1 is 1.44 bits per heavy atom. The Bertz CT molecular complexity index is 397. The van der Waals surface area contributed by atoms with Crippen molar-refractivity contribution < 1.29 is 4.74 Å². The average molecular weight is 250 g/mol. The van der Waals surface area contributed by atoms with Gasteiger partial charge in [0.25, 0.3) is 0 Å². The first-order chi connectivity index (χ1) is 8.69. The number of aromatic nitrogens is 2. The van der Waals surface area contributed by atoms with Crippen LogP contribution in [-0.2, 0) is 0 Å². The summed E-state index contributed by atoms with van der Waals surface area (Å²) in [7, 11) is 3.81. The first-order valence-electron chi connectivity index (χ1n) is 6.53. The Morgan fingerprint density at radius 2 is 2.28 bits per heavy atom. The Labute approximate surface area is 109 Å².